The molecule has 1 atom stereocenters. The van der Waals surface area contributed by atoms with Gasteiger partial charge in [0.1, 0.15) is 5.01 Å². The summed E-state index contributed by atoms with van der Waals surface area (Å²) < 4.78 is 7.01. The van der Waals surface area contributed by atoms with Crippen molar-refractivity contribution in [3.8, 4) is 32.8 Å². The van der Waals surface area contributed by atoms with Crippen LogP contribution in [0.15, 0.2) is 67.0 Å². The molecule has 5 rings (SSSR count). The van der Waals surface area contributed by atoms with Gasteiger partial charge >= 0.3 is 5.97 Å². The first-order chi connectivity index (χ1) is 19.4. The Hall–Kier alpha value is -3.85. The third-order valence-electron chi connectivity index (χ3n) is 6.50. The molecule has 1 unspecified atom stereocenters. The summed E-state index contributed by atoms with van der Waals surface area (Å²) in [6, 6.07) is 17.5. The van der Waals surface area contributed by atoms with Crippen molar-refractivity contribution in [2.45, 2.75) is 39.4 Å². The van der Waals surface area contributed by atoms with Crippen LogP contribution in [-0.4, -0.2) is 45.7 Å². The molecule has 0 aliphatic carbocycles. The zero-order chi connectivity index (χ0) is 29.5. The summed E-state index contributed by atoms with van der Waals surface area (Å²) in [5.41, 5.74) is 6.00. The summed E-state index contributed by atoms with van der Waals surface area (Å²) in [7, 11) is 3.81. The number of thiazole rings is 1. The van der Waals surface area contributed by atoms with Crippen LogP contribution in [0.1, 0.15) is 38.0 Å². The molecule has 2 heterocycles. The minimum Gasteiger partial charge on any atom is -0.479 e. The quantitative estimate of drug-likeness (QED) is 0.206. The highest BCUT2D eigenvalue weighted by atomic mass is 35.5. The van der Waals surface area contributed by atoms with Crippen molar-refractivity contribution in [2.75, 3.05) is 19.0 Å². The number of carboxylic acid groups (broad SMARTS) is 1. The Balaban J connectivity index is 1.69. The zero-order valence-corrected chi connectivity index (χ0v) is 25.3. The van der Waals surface area contributed by atoms with Crippen LogP contribution in [0.25, 0.3) is 43.0 Å². The topological polar surface area (TPSA) is 88.4 Å². The number of aromatic nitrogens is 3. The molecule has 0 saturated carbocycles. The van der Waals surface area contributed by atoms with Gasteiger partial charge < -0.3 is 14.7 Å². The second-order valence-corrected chi connectivity index (χ2v) is 12.5. The van der Waals surface area contributed by atoms with E-state index in [1.165, 1.54) is 11.3 Å². The van der Waals surface area contributed by atoms with Crippen LogP contribution in [0, 0.1) is 6.92 Å². The molecule has 1 N–H and O–H groups in total. The lowest BCUT2D eigenvalue weighted by atomic mass is 9.91. The lowest BCUT2D eigenvalue weighted by Crippen LogP contribution is -2.28. The lowest BCUT2D eigenvalue weighted by molar-refractivity contribution is -0.160. The molecule has 3 aromatic carbocycles. The number of halogens is 1. The van der Waals surface area contributed by atoms with Crippen molar-refractivity contribution in [1.29, 1.82) is 0 Å². The summed E-state index contributed by atoms with van der Waals surface area (Å²) in [6.45, 7) is 7.48. The molecule has 0 bridgehead atoms. The van der Waals surface area contributed by atoms with Crippen molar-refractivity contribution >= 4 is 45.1 Å². The molecule has 7 nitrogen and oxygen atoms in total. The molecule has 0 amide bonds. The fourth-order valence-electron chi connectivity index (χ4n) is 4.70. The van der Waals surface area contributed by atoms with Gasteiger partial charge in [0.25, 0.3) is 0 Å². The van der Waals surface area contributed by atoms with E-state index in [-0.39, 0.29) is 0 Å². The number of ether oxygens (including phenoxy) is 1. The van der Waals surface area contributed by atoms with Crippen LogP contribution in [-0.2, 0) is 9.53 Å². The lowest BCUT2D eigenvalue weighted by Gasteiger charge is -2.28. The van der Waals surface area contributed by atoms with Gasteiger partial charge in [0.2, 0.25) is 5.95 Å². The predicted octanol–water partition coefficient (Wildman–Crippen LogP) is 8.06. The fraction of sp³-hybridized carbons (Fsp3) is 0.250. The van der Waals surface area contributed by atoms with Gasteiger partial charge in [0.05, 0.1) is 15.8 Å². The molecule has 0 saturated heterocycles. The van der Waals surface area contributed by atoms with Gasteiger partial charge in [-0.2, -0.15) is 0 Å². The monoisotopic (exact) mass is 586 g/mol. The van der Waals surface area contributed by atoms with E-state index in [1.807, 2.05) is 108 Å². The number of fused-ring (bicyclic) bond motifs is 1. The Bertz CT molecular complexity index is 1730. The van der Waals surface area contributed by atoms with Crippen LogP contribution in [0.4, 0.5) is 5.95 Å². The number of hydrogen-bond donors (Lipinski definition) is 1. The summed E-state index contributed by atoms with van der Waals surface area (Å²) in [6.07, 6.45) is 2.47. The summed E-state index contributed by atoms with van der Waals surface area (Å²) in [4.78, 5) is 28.4. The average Bonchev–Trinajstić information content (AvgIpc) is 3.35. The summed E-state index contributed by atoms with van der Waals surface area (Å²) in [5, 5.41) is 11.7. The first-order valence-electron chi connectivity index (χ1n) is 13.1. The third kappa shape index (κ3) is 6.10. The first-order valence-corrected chi connectivity index (χ1v) is 14.3. The maximum Gasteiger partial charge on any atom is 0.337 e. The molecule has 210 valence electrons. The third-order valence-corrected chi connectivity index (χ3v) is 7.89. The molecule has 0 aliphatic heterocycles. The molecule has 0 aliphatic rings. The van der Waals surface area contributed by atoms with Crippen molar-refractivity contribution in [1.82, 2.24) is 15.0 Å². The minimum absolute atomic E-state index is 0.601. The number of aliphatic carboxylic acids is 1. The van der Waals surface area contributed by atoms with Crippen molar-refractivity contribution in [3.05, 3.63) is 83.1 Å². The Kier molecular flexibility index (Phi) is 7.83. The SMILES string of the molecule is Cc1cc2nc(-c3cccc(-c4cnc(N(C)C)nc4)c3)sc2c(-c2ccc(Cl)cc2)c1C(OC(C)(C)C)C(=O)O. The number of rotatable bonds is 7. The summed E-state index contributed by atoms with van der Waals surface area (Å²) >= 11 is 7.75. The number of anilines is 1. The van der Waals surface area contributed by atoms with Gasteiger partial charge in [-0.25, -0.2) is 19.7 Å². The minimum atomic E-state index is -1.16. The van der Waals surface area contributed by atoms with Crippen LogP contribution >= 0.6 is 22.9 Å². The van der Waals surface area contributed by atoms with E-state index in [0.29, 0.717) is 16.5 Å². The van der Waals surface area contributed by atoms with Crippen LogP contribution in [0.3, 0.4) is 0 Å². The molecule has 0 fully saturated rings. The largest absolute Gasteiger partial charge is 0.479 e. The fourth-order valence-corrected chi connectivity index (χ4v) is 5.94. The normalized spacial score (nSPS) is 12.5. The number of carboxylic acids is 1. The molecular formula is C32H31ClN4O3S. The van der Waals surface area contributed by atoms with E-state index in [2.05, 4.69) is 16.0 Å². The Labute approximate surface area is 248 Å². The maximum absolute atomic E-state index is 12.6. The predicted molar refractivity (Wildman–Crippen MR) is 167 cm³/mol. The number of hydrogen-bond acceptors (Lipinski definition) is 7. The highest BCUT2D eigenvalue weighted by Crippen LogP contribution is 2.44. The van der Waals surface area contributed by atoms with E-state index >= 15 is 0 Å². The first kappa shape index (κ1) is 28.7. The standard InChI is InChI=1S/C32H31ClN4O3S/c1-18-14-24-28(26(19-10-12-23(33)13-11-19)25(18)27(30(38)39)40-32(2,3)4)41-29(36-24)21-9-7-8-20(15-21)22-16-34-31(35-17-22)37(5)6/h7-17,27H,1-6H3,(H,38,39). The van der Waals surface area contributed by atoms with Gasteiger partial charge in [-0.1, -0.05) is 41.9 Å². The Morgan fingerprint density at radius 3 is 2.24 bits per heavy atom. The smallest absolute Gasteiger partial charge is 0.337 e. The Morgan fingerprint density at radius 1 is 0.976 bits per heavy atom. The zero-order valence-electron chi connectivity index (χ0n) is 23.8. The van der Waals surface area contributed by atoms with Gasteiger partial charge in [-0.3, -0.25) is 0 Å². The number of aryl methyl sites for hydroxylation is 1. The average molecular weight is 587 g/mol. The van der Waals surface area contributed by atoms with Gasteiger partial charge in [-0.15, -0.1) is 11.3 Å². The van der Waals surface area contributed by atoms with Crippen molar-refractivity contribution in [3.63, 3.8) is 0 Å². The number of nitrogens with zero attached hydrogens (tertiary/aromatic N) is 4. The molecule has 9 heteroatoms. The molecule has 5 aromatic rings. The van der Waals surface area contributed by atoms with Crippen LogP contribution in [0.5, 0.6) is 0 Å². The van der Waals surface area contributed by atoms with Gasteiger partial charge in [-0.05, 0) is 68.7 Å². The Morgan fingerprint density at radius 2 is 1.63 bits per heavy atom. The van der Waals surface area contributed by atoms with E-state index < -0.39 is 17.7 Å². The molecule has 0 radical (unpaired) electrons. The van der Waals surface area contributed by atoms with E-state index in [0.717, 1.165) is 48.6 Å². The molecule has 2 aromatic heterocycles. The highest BCUT2D eigenvalue weighted by Gasteiger charge is 2.32. The highest BCUT2D eigenvalue weighted by molar-refractivity contribution is 7.22. The molecular weight excluding hydrogens is 556 g/mol. The van der Waals surface area contributed by atoms with E-state index in [1.54, 1.807) is 0 Å². The number of benzene rings is 3. The van der Waals surface area contributed by atoms with Crippen LogP contribution in [0.2, 0.25) is 5.02 Å². The van der Waals surface area contributed by atoms with Gasteiger partial charge in [0, 0.05) is 53.8 Å². The molecule has 41 heavy (non-hydrogen) atoms. The van der Waals surface area contributed by atoms with Gasteiger partial charge in [0.15, 0.2) is 6.10 Å². The number of carbonyl (C=O) groups is 1. The van der Waals surface area contributed by atoms with Crippen molar-refractivity contribution < 1.29 is 14.6 Å². The second-order valence-electron chi connectivity index (χ2n) is 11.1. The van der Waals surface area contributed by atoms with E-state index in [4.69, 9.17) is 21.3 Å². The second kappa shape index (κ2) is 11.2. The molecule has 0 spiro atoms. The summed E-state index contributed by atoms with van der Waals surface area (Å²) in [5.74, 6) is -0.399. The van der Waals surface area contributed by atoms with Crippen molar-refractivity contribution in [2.24, 2.45) is 0 Å². The maximum atomic E-state index is 12.6. The van der Waals surface area contributed by atoms with Crippen LogP contribution < -0.4 is 4.90 Å². The van der Waals surface area contributed by atoms with E-state index in [9.17, 15) is 9.90 Å².